The second-order valence-electron chi connectivity index (χ2n) is 8.44. The number of ether oxygens (including phenoxy) is 1. The van der Waals surface area contributed by atoms with Crippen LogP contribution in [-0.2, 0) is 9.59 Å². The summed E-state index contributed by atoms with van der Waals surface area (Å²) >= 11 is 8.91. The van der Waals surface area contributed by atoms with Crippen molar-refractivity contribution in [3.63, 3.8) is 0 Å². The summed E-state index contributed by atoms with van der Waals surface area (Å²) < 4.78 is 7.66. The molecule has 0 aliphatic heterocycles. The van der Waals surface area contributed by atoms with Crippen LogP contribution >= 0.6 is 54.5 Å². The minimum absolute atomic E-state index is 0.243. The molecule has 4 rings (SSSR count). The SMILES string of the molecule is O=C(CNC(=O)C(c1ccccc1)c1ccccc1)N/N=C/c1cc(Br)cc(Br)c1OC(=O)c1ccccc1I. The monoisotopic (exact) mass is 773 g/mol. The smallest absolute Gasteiger partial charge is 0.344 e. The Labute approximate surface area is 261 Å². The van der Waals surface area contributed by atoms with E-state index in [1.807, 2.05) is 72.8 Å². The number of nitrogens with zero attached hydrogens (tertiary/aromatic N) is 1. The van der Waals surface area contributed by atoms with Gasteiger partial charge >= 0.3 is 5.97 Å². The van der Waals surface area contributed by atoms with Gasteiger partial charge in [-0.3, -0.25) is 9.59 Å². The summed E-state index contributed by atoms with van der Waals surface area (Å²) in [6, 6.07) is 29.3. The number of carbonyl (C=O) groups is 3. The Bertz CT molecular complexity index is 1510. The Hall–Kier alpha value is -3.35. The summed E-state index contributed by atoms with van der Waals surface area (Å²) in [6.45, 7) is -0.275. The number of benzene rings is 4. The second-order valence-corrected chi connectivity index (χ2v) is 11.4. The molecule has 2 amide bonds. The molecule has 0 fully saturated rings. The predicted octanol–water partition coefficient (Wildman–Crippen LogP) is 6.43. The van der Waals surface area contributed by atoms with Crippen LogP contribution in [-0.4, -0.2) is 30.5 Å². The van der Waals surface area contributed by atoms with Gasteiger partial charge in [-0.05, 0) is 73.9 Å². The first-order valence-electron chi connectivity index (χ1n) is 12.0. The molecule has 0 saturated heterocycles. The molecule has 0 aliphatic carbocycles. The molecule has 0 radical (unpaired) electrons. The Morgan fingerprint density at radius 2 is 1.48 bits per heavy atom. The van der Waals surface area contributed by atoms with E-state index < -0.39 is 17.8 Å². The van der Waals surface area contributed by atoms with Crippen LogP contribution in [0.4, 0.5) is 0 Å². The second kappa shape index (κ2) is 14.3. The molecule has 0 aliphatic rings. The molecule has 0 saturated carbocycles. The third kappa shape index (κ3) is 7.86. The lowest BCUT2D eigenvalue weighted by atomic mass is 9.90. The largest absolute Gasteiger partial charge is 0.421 e. The van der Waals surface area contributed by atoms with E-state index in [9.17, 15) is 14.4 Å². The number of hydrogen-bond donors (Lipinski definition) is 2. The zero-order valence-electron chi connectivity index (χ0n) is 20.8. The van der Waals surface area contributed by atoms with Gasteiger partial charge in [0.25, 0.3) is 5.91 Å². The number of amides is 2. The van der Waals surface area contributed by atoms with E-state index in [0.29, 0.717) is 20.1 Å². The molecular formula is C30H22Br2IN3O4. The maximum Gasteiger partial charge on any atom is 0.344 e. The molecule has 0 bridgehead atoms. The summed E-state index contributed by atoms with van der Waals surface area (Å²) in [5.74, 6) is -1.68. The fourth-order valence-corrected chi connectivity index (χ4v) is 5.77. The molecular weight excluding hydrogens is 753 g/mol. The van der Waals surface area contributed by atoms with Crippen LogP contribution < -0.4 is 15.5 Å². The van der Waals surface area contributed by atoms with Crippen LogP contribution in [0, 0.1) is 3.57 Å². The Morgan fingerprint density at radius 3 is 2.10 bits per heavy atom. The van der Waals surface area contributed by atoms with Gasteiger partial charge in [0.1, 0.15) is 0 Å². The van der Waals surface area contributed by atoms with E-state index in [1.54, 1.807) is 24.3 Å². The Balaban J connectivity index is 1.42. The van der Waals surface area contributed by atoms with Gasteiger partial charge in [-0.2, -0.15) is 5.10 Å². The number of carbonyl (C=O) groups excluding carboxylic acids is 3. The van der Waals surface area contributed by atoms with Crippen molar-refractivity contribution in [3.05, 3.63) is 132 Å². The molecule has 40 heavy (non-hydrogen) atoms. The maximum absolute atomic E-state index is 13.1. The minimum Gasteiger partial charge on any atom is -0.421 e. The van der Waals surface area contributed by atoms with Gasteiger partial charge in [-0.15, -0.1) is 0 Å². The lowest BCUT2D eigenvalue weighted by Gasteiger charge is -2.17. The average molecular weight is 775 g/mol. The Kier molecular flexibility index (Phi) is 10.6. The number of nitrogens with one attached hydrogen (secondary N) is 2. The molecule has 0 aromatic heterocycles. The van der Waals surface area contributed by atoms with Crippen LogP contribution in [0.1, 0.15) is 33.0 Å². The topological polar surface area (TPSA) is 96.9 Å². The summed E-state index contributed by atoms with van der Waals surface area (Å²) in [6.07, 6.45) is 1.37. The van der Waals surface area contributed by atoms with Crippen LogP contribution in [0.3, 0.4) is 0 Å². The van der Waals surface area contributed by atoms with Crippen molar-refractivity contribution >= 4 is 78.4 Å². The van der Waals surface area contributed by atoms with Gasteiger partial charge in [-0.25, -0.2) is 10.2 Å². The Morgan fingerprint density at radius 1 is 0.875 bits per heavy atom. The van der Waals surface area contributed by atoms with E-state index in [1.165, 1.54) is 6.21 Å². The summed E-state index contributed by atoms with van der Waals surface area (Å²) in [5.41, 5.74) is 4.91. The summed E-state index contributed by atoms with van der Waals surface area (Å²) in [7, 11) is 0. The van der Waals surface area contributed by atoms with Gasteiger partial charge in [-0.1, -0.05) is 88.7 Å². The molecule has 4 aromatic carbocycles. The number of hydrazone groups is 1. The van der Waals surface area contributed by atoms with E-state index >= 15 is 0 Å². The highest BCUT2D eigenvalue weighted by atomic mass is 127. The quantitative estimate of drug-likeness (QED) is 0.0674. The van der Waals surface area contributed by atoms with Crippen molar-refractivity contribution in [2.24, 2.45) is 5.10 Å². The average Bonchev–Trinajstić information content (AvgIpc) is 2.95. The number of esters is 1. The highest BCUT2D eigenvalue weighted by Crippen LogP contribution is 2.33. The maximum atomic E-state index is 13.1. The van der Waals surface area contributed by atoms with Crippen molar-refractivity contribution in [2.45, 2.75) is 5.92 Å². The van der Waals surface area contributed by atoms with Crippen LogP contribution in [0.5, 0.6) is 5.75 Å². The fourth-order valence-electron chi connectivity index (χ4n) is 3.83. The zero-order chi connectivity index (χ0) is 28.5. The van der Waals surface area contributed by atoms with E-state index in [2.05, 4.69) is 70.3 Å². The predicted molar refractivity (Wildman–Crippen MR) is 169 cm³/mol. The third-order valence-electron chi connectivity index (χ3n) is 5.67. The van der Waals surface area contributed by atoms with Gasteiger partial charge < -0.3 is 10.1 Å². The lowest BCUT2D eigenvalue weighted by Crippen LogP contribution is -2.37. The molecule has 4 aromatic rings. The van der Waals surface area contributed by atoms with E-state index in [-0.39, 0.29) is 18.2 Å². The first-order chi connectivity index (χ1) is 19.3. The van der Waals surface area contributed by atoms with Gasteiger partial charge in [0.05, 0.1) is 28.7 Å². The van der Waals surface area contributed by atoms with Gasteiger partial charge in [0.2, 0.25) is 5.91 Å². The van der Waals surface area contributed by atoms with Crippen molar-refractivity contribution in [3.8, 4) is 5.75 Å². The summed E-state index contributed by atoms with van der Waals surface area (Å²) in [4.78, 5) is 38.4. The van der Waals surface area contributed by atoms with Crippen molar-refractivity contribution in [1.29, 1.82) is 0 Å². The molecule has 0 atom stereocenters. The van der Waals surface area contributed by atoms with Gasteiger partial charge in [0.15, 0.2) is 5.75 Å². The van der Waals surface area contributed by atoms with Crippen LogP contribution in [0.2, 0.25) is 0 Å². The standard InChI is InChI=1S/C30H22Br2IN3O4/c31-22-15-21(28(24(32)16-22)40-30(39)23-13-7-8-14-25(23)33)17-35-36-26(37)18-34-29(38)27(19-9-3-1-4-10-19)20-11-5-2-6-12-20/h1-17,27H,18H2,(H,34,38)(H,36,37)/b35-17+. The molecule has 0 unspecified atom stereocenters. The fraction of sp³-hybridized carbons (Fsp3) is 0.0667. The number of rotatable bonds is 9. The van der Waals surface area contributed by atoms with Crippen molar-refractivity contribution in [1.82, 2.24) is 10.7 Å². The molecule has 202 valence electrons. The zero-order valence-corrected chi connectivity index (χ0v) is 26.1. The van der Waals surface area contributed by atoms with Crippen molar-refractivity contribution in [2.75, 3.05) is 6.54 Å². The van der Waals surface area contributed by atoms with E-state index in [4.69, 9.17) is 4.74 Å². The van der Waals surface area contributed by atoms with Gasteiger partial charge in [0, 0.05) is 13.6 Å². The lowest BCUT2D eigenvalue weighted by molar-refractivity contribution is -0.126. The highest BCUT2D eigenvalue weighted by molar-refractivity contribution is 14.1. The molecule has 10 heteroatoms. The molecule has 2 N–H and O–H groups in total. The van der Waals surface area contributed by atoms with Crippen LogP contribution in [0.15, 0.2) is 111 Å². The molecule has 0 spiro atoms. The summed E-state index contributed by atoms with van der Waals surface area (Å²) in [5, 5.41) is 6.71. The minimum atomic E-state index is -0.567. The van der Waals surface area contributed by atoms with E-state index in [0.717, 1.165) is 14.7 Å². The first-order valence-corrected chi connectivity index (χ1v) is 14.6. The molecule has 7 nitrogen and oxygen atoms in total. The van der Waals surface area contributed by atoms with Crippen molar-refractivity contribution < 1.29 is 19.1 Å². The van der Waals surface area contributed by atoms with Crippen LogP contribution in [0.25, 0.3) is 0 Å². The number of hydrogen-bond acceptors (Lipinski definition) is 5. The normalized spacial score (nSPS) is 10.9. The third-order valence-corrected chi connectivity index (χ3v) is 7.66. The first kappa shape index (κ1) is 29.6. The molecule has 0 heterocycles. The number of halogens is 3. The highest BCUT2D eigenvalue weighted by Gasteiger charge is 2.23.